The predicted molar refractivity (Wildman–Crippen MR) is 135 cm³/mol. The first-order valence-corrected chi connectivity index (χ1v) is 12.9. The zero-order chi connectivity index (χ0) is 24.8. The lowest BCUT2D eigenvalue weighted by molar-refractivity contribution is -0.124. The number of hydrogen-bond acceptors (Lipinski definition) is 4. The summed E-state index contributed by atoms with van der Waals surface area (Å²) in [4.78, 5) is 20.1. The number of piperazine rings is 1. The third-order valence-corrected chi connectivity index (χ3v) is 7.28. The van der Waals surface area contributed by atoms with Crippen LogP contribution in [0.4, 0.5) is 14.5 Å². The van der Waals surface area contributed by atoms with E-state index in [-0.39, 0.29) is 29.5 Å². The minimum absolute atomic E-state index is 0.00206. The van der Waals surface area contributed by atoms with E-state index in [4.69, 9.17) is 4.74 Å². The fourth-order valence-corrected chi connectivity index (χ4v) is 5.24. The Kier molecular flexibility index (Phi) is 8.87. The van der Waals surface area contributed by atoms with E-state index >= 15 is 0 Å². The molecule has 2 heterocycles. The fourth-order valence-electron chi connectivity index (χ4n) is 5.24. The second-order valence-corrected chi connectivity index (χ2v) is 9.61. The molecular formula is C28H37F2N3O2. The Labute approximate surface area is 207 Å². The molecule has 2 aromatic carbocycles. The lowest BCUT2D eigenvalue weighted by atomic mass is 9.87. The van der Waals surface area contributed by atoms with E-state index in [0.717, 1.165) is 76.3 Å². The van der Waals surface area contributed by atoms with E-state index in [2.05, 4.69) is 16.7 Å². The molecule has 1 saturated heterocycles. The highest BCUT2D eigenvalue weighted by Gasteiger charge is 2.33. The van der Waals surface area contributed by atoms with Gasteiger partial charge in [0, 0.05) is 51.8 Å². The summed E-state index contributed by atoms with van der Waals surface area (Å²) in [6, 6.07) is 10.9. The molecule has 2 unspecified atom stereocenters. The molecule has 1 fully saturated rings. The molecular weight excluding hydrogens is 448 g/mol. The zero-order valence-corrected chi connectivity index (χ0v) is 20.9. The van der Waals surface area contributed by atoms with Crippen molar-refractivity contribution in [3.63, 3.8) is 0 Å². The molecule has 0 aromatic heterocycles. The van der Waals surface area contributed by atoms with Gasteiger partial charge in [-0.25, -0.2) is 8.78 Å². The molecule has 35 heavy (non-hydrogen) atoms. The lowest BCUT2D eigenvalue weighted by Crippen LogP contribution is -2.55. The number of halogens is 2. The molecule has 7 heteroatoms. The second-order valence-electron chi connectivity index (χ2n) is 9.61. The first-order valence-electron chi connectivity index (χ1n) is 12.9. The third-order valence-electron chi connectivity index (χ3n) is 7.28. The van der Waals surface area contributed by atoms with Crippen LogP contribution in [-0.2, 0) is 9.53 Å². The molecule has 0 radical (unpaired) electrons. The number of benzene rings is 2. The lowest BCUT2D eigenvalue weighted by Gasteiger charge is -2.39. The molecule has 190 valence electrons. The maximum atomic E-state index is 14.4. The quantitative estimate of drug-likeness (QED) is 0.510. The van der Waals surface area contributed by atoms with Crippen molar-refractivity contribution in [2.75, 3.05) is 57.4 Å². The van der Waals surface area contributed by atoms with Gasteiger partial charge in [-0.2, -0.15) is 0 Å². The van der Waals surface area contributed by atoms with Crippen molar-refractivity contribution in [2.24, 2.45) is 0 Å². The number of amides is 1. The minimum atomic E-state index is -0.354. The van der Waals surface area contributed by atoms with Crippen molar-refractivity contribution in [3.05, 3.63) is 65.2 Å². The monoisotopic (exact) mass is 485 g/mol. The topological polar surface area (TPSA) is 36.0 Å². The van der Waals surface area contributed by atoms with Crippen LogP contribution in [0.5, 0.6) is 0 Å². The second kappa shape index (κ2) is 12.1. The van der Waals surface area contributed by atoms with Crippen LogP contribution in [0.25, 0.3) is 0 Å². The van der Waals surface area contributed by atoms with Gasteiger partial charge in [0.1, 0.15) is 11.6 Å². The Morgan fingerprint density at radius 2 is 1.71 bits per heavy atom. The van der Waals surface area contributed by atoms with E-state index in [1.165, 1.54) is 24.3 Å². The van der Waals surface area contributed by atoms with Gasteiger partial charge in [-0.15, -0.1) is 0 Å². The number of anilines is 1. The number of rotatable bonds is 8. The van der Waals surface area contributed by atoms with Gasteiger partial charge in [-0.1, -0.05) is 25.1 Å². The Morgan fingerprint density at radius 1 is 1.00 bits per heavy atom. The van der Waals surface area contributed by atoms with Gasteiger partial charge in [-0.05, 0) is 61.6 Å². The summed E-state index contributed by atoms with van der Waals surface area (Å²) < 4.78 is 33.5. The summed E-state index contributed by atoms with van der Waals surface area (Å²) >= 11 is 0. The van der Waals surface area contributed by atoms with Crippen LogP contribution >= 0.6 is 0 Å². The van der Waals surface area contributed by atoms with Crippen molar-refractivity contribution in [1.82, 2.24) is 9.80 Å². The first kappa shape index (κ1) is 25.7. The van der Waals surface area contributed by atoms with Crippen molar-refractivity contribution in [1.29, 1.82) is 0 Å². The molecule has 0 saturated carbocycles. The van der Waals surface area contributed by atoms with Gasteiger partial charge in [-0.3, -0.25) is 14.6 Å². The van der Waals surface area contributed by atoms with E-state index in [1.807, 2.05) is 6.92 Å². The number of hydrogen-bond donors (Lipinski definition) is 0. The largest absolute Gasteiger partial charge is 0.380 e. The highest BCUT2D eigenvalue weighted by molar-refractivity contribution is 5.98. The van der Waals surface area contributed by atoms with Crippen LogP contribution in [0.15, 0.2) is 42.5 Å². The van der Waals surface area contributed by atoms with Crippen molar-refractivity contribution in [3.8, 4) is 0 Å². The molecule has 0 N–H and O–H groups in total. The molecule has 4 rings (SSSR count). The Hall–Kier alpha value is -2.35. The first-order chi connectivity index (χ1) is 17.0. The van der Waals surface area contributed by atoms with Crippen LogP contribution in [0, 0.1) is 11.6 Å². The van der Waals surface area contributed by atoms with Crippen LogP contribution in [0.3, 0.4) is 0 Å². The van der Waals surface area contributed by atoms with Crippen molar-refractivity contribution < 1.29 is 18.3 Å². The maximum Gasteiger partial charge on any atom is 0.244 e. The summed E-state index contributed by atoms with van der Waals surface area (Å²) in [5.41, 5.74) is 2.55. The highest BCUT2D eigenvalue weighted by atomic mass is 19.1. The van der Waals surface area contributed by atoms with Crippen molar-refractivity contribution >= 4 is 11.6 Å². The van der Waals surface area contributed by atoms with Gasteiger partial charge in [0.25, 0.3) is 0 Å². The third kappa shape index (κ3) is 6.26. The molecule has 2 atom stereocenters. The Morgan fingerprint density at radius 3 is 2.43 bits per heavy atom. The smallest absolute Gasteiger partial charge is 0.244 e. The van der Waals surface area contributed by atoms with E-state index in [1.54, 1.807) is 23.1 Å². The Balaban J connectivity index is 1.46. The molecule has 2 aliphatic rings. The van der Waals surface area contributed by atoms with Crippen LogP contribution < -0.4 is 4.90 Å². The molecule has 0 spiro atoms. The number of fused-ring (bicyclic) bond motifs is 1. The van der Waals surface area contributed by atoms with Crippen LogP contribution in [0.2, 0.25) is 0 Å². The fraction of sp³-hybridized carbons (Fsp3) is 0.536. The van der Waals surface area contributed by atoms with Crippen LogP contribution in [0.1, 0.15) is 50.2 Å². The Bertz CT molecular complexity index is 977. The number of ether oxygens (including phenoxy) is 1. The average Bonchev–Trinajstić information content (AvgIpc) is 3.06. The van der Waals surface area contributed by atoms with Gasteiger partial charge in [0.15, 0.2) is 0 Å². The van der Waals surface area contributed by atoms with Gasteiger partial charge < -0.3 is 9.64 Å². The number of carbonyl (C=O) groups excluding carboxylic acids is 1. The summed E-state index contributed by atoms with van der Waals surface area (Å²) in [6.45, 7) is 10.5. The van der Waals surface area contributed by atoms with E-state index in [9.17, 15) is 13.6 Å². The van der Waals surface area contributed by atoms with Gasteiger partial charge in [0.05, 0.1) is 18.3 Å². The summed E-state index contributed by atoms with van der Waals surface area (Å²) in [7, 11) is 0. The summed E-state index contributed by atoms with van der Waals surface area (Å²) in [5, 5.41) is 0. The molecule has 2 aromatic rings. The molecule has 5 nitrogen and oxygen atoms in total. The predicted octanol–water partition coefficient (Wildman–Crippen LogP) is 4.66. The minimum Gasteiger partial charge on any atom is -0.380 e. The number of carbonyl (C=O) groups is 1. The summed E-state index contributed by atoms with van der Waals surface area (Å²) in [6.07, 6.45) is 2.64. The summed E-state index contributed by atoms with van der Waals surface area (Å²) in [5.74, 6) is -0.622. The van der Waals surface area contributed by atoms with Gasteiger partial charge in [0.2, 0.25) is 5.91 Å². The average molecular weight is 486 g/mol. The van der Waals surface area contributed by atoms with E-state index < -0.39 is 0 Å². The number of nitrogens with zero attached hydrogens (tertiary/aromatic N) is 3. The van der Waals surface area contributed by atoms with Crippen LogP contribution in [-0.4, -0.2) is 74.2 Å². The molecule has 0 bridgehead atoms. The molecule has 0 aliphatic carbocycles. The normalized spacial score (nSPS) is 20.3. The molecule has 1 amide bonds. The zero-order valence-electron chi connectivity index (χ0n) is 20.9. The SMILES string of the molecule is CCCOCCN1CCN(C(C)C(=O)N2CCCC(c3ccc(F)cc3)c3ccc(F)cc32)CC1. The van der Waals surface area contributed by atoms with E-state index in [0.29, 0.717) is 12.2 Å². The van der Waals surface area contributed by atoms with Crippen molar-refractivity contribution in [2.45, 2.75) is 45.1 Å². The maximum absolute atomic E-state index is 14.4. The molecule has 2 aliphatic heterocycles. The van der Waals surface area contributed by atoms with Gasteiger partial charge >= 0.3 is 0 Å². The highest BCUT2D eigenvalue weighted by Crippen LogP contribution is 2.39. The standard InChI is InChI=1S/C28H37F2N3O2/c1-3-18-35-19-17-31-13-15-32(16-14-31)21(2)28(34)33-12-4-5-25(22-6-8-23(29)9-7-22)26-11-10-24(30)20-27(26)33/h6-11,20-21,25H,3-5,12-19H2,1-2H3.